The summed E-state index contributed by atoms with van der Waals surface area (Å²) < 4.78 is 49.2. The molecule has 0 aliphatic rings. The zero-order valence-corrected chi connectivity index (χ0v) is 65.9. The van der Waals surface area contributed by atoms with Gasteiger partial charge < -0.3 is 134 Å². The molecule has 0 aliphatic carbocycles. The summed E-state index contributed by atoms with van der Waals surface area (Å²) in [6, 6.07) is 60.6. The van der Waals surface area contributed by atoms with Gasteiger partial charge in [-0.25, -0.2) is 47.9 Å². The predicted octanol–water partition coefficient (Wildman–Crippen LogP) is 5.99. The molecule has 0 spiro atoms. The zero-order valence-electron chi connectivity index (χ0n) is 65.9. The Balaban J connectivity index is 0.000000274. The minimum Gasteiger partial charge on any atom is -0.507 e. The van der Waals surface area contributed by atoms with Crippen molar-refractivity contribution < 1.29 is 182 Å². The fraction of sp³-hybridized carbons (Fsp3) is 0.205. The second-order valence-corrected chi connectivity index (χ2v) is 25.2. The molecule has 37 heteroatoms. The van der Waals surface area contributed by atoms with Gasteiger partial charge in [-0.3, -0.25) is 0 Å². The smallest absolute Gasteiger partial charge is 0.342 e. The molecule has 3 unspecified atom stereocenters. The van der Waals surface area contributed by atoms with Gasteiger partial charge in [-0.15, -0.1) is 0 Å². The third-order valence-electron chi connectivity index (χ3n) is 15.8. The molecule has 0 bridgehead atoms. The number of para-hydroxylation sites is 9. The predicted molar refractivity (Wildman–Crippen MR) is 432 cm³/mol. The molecule has 0 amide bonds. The molecule has 37 nitrogen and oxygen atoms in total. The second-order valence-electron chi connectivity index (χ2n) is 25.2. The van der Waals surface area contributed by atoms with Crippen molar-refractivity contribution in [2.45, 2.75) is 36.6 Å². The van der Waals surface area contributed by atoms with Crippen LogP contribution in [-0.2, 0) is 47.4 Å². The van der Waals surface area contributed by atoms with Crippen LogP contribution in [0.2, 0.25) is 0 Å². The van der Waals surface area contributed by atoms with Crippen molar-refractivity contribution in [1.29, 1.82) is 0 Å². The molecule has 0 fully saturated rings. The summed E-state index contributed by atoms with van der Waals surface area (Å²) >= 11 is 0. The first-order valence-electron chi connectivity index (χ1n) is 36.9. The summed E-state index contributed by atoms with van der Waals surface area (Å²) in [6.45, 7) is -5.14. The Bertz CT molecular complexity index is 4990. The molecule has 0 heterocycles. The highest BCUT2D eigenvalue weighted by Crippen LogP contribution is 2.26. The highest BCUT2D eigenvalue weighted by atomic mass is 16.6. The van der Waals surface area contributed by atoms with E-state index in [2.05, 4.69) is 4.74 Å². The number of ether oxygens (including phenoxy) is 10. The molecule has 0 radical (unpaired) electrons. The Morgan fingerprint density at radius 2 is 0.368 bits per heavy atom. The molecule has 10 aromatic carbocycles. The van der Waals surface area contributed by atoms with Crippen molar-refractivity contribution in [2.75, 3.05) is 79.3 Å². The standard InChI is InChI=1S/C24H20O9.2C17H16O7.2C10H12O5.C10H12O4/c25-19-10-4-1-7-16(19)22(28)31-13-15(33-24(30)18-9-3-6-12-21(18)27)14-32-23(29)17-8-2-5-11-20(17)26;18-11(9-23-16(21)12-5-1-3-7-14(12)19)10-24-17(22)13-6-2-4-8-15(13)20;18-9-11(24-17(22)13-6-2-4-8-15(13)20)10-23-16(21)12-5-1-3-7-14(12)19;11-5-7(12)6-15-10(14)8-3-1-2-4-9(8)13;11-5-7(6-12)15-10(14)8-3-1-2-4-9(8)13;11-6-9(12)7-14-10(13)8-4-2-1-3-5-8/h1-12,15,25-27H,13-14H2;2*1-8,11,18-20H,9-10H2;2*1-4,7,11-13H,5-6H2;1-5,9,11-12H,6-7H2. The molecule has 0 saturated carbocycles. The van der Waals surface area contributed by atoms with E-state index in [0.717, 1.165) is 0 Å². The maximum Gasteiger partial charge on any atom is 0.342 e. The lowest BCUT2D eigenvalue weighted by Crippen LogP contribution is -2.31. The number of phenols is 9. The Hall–Kier alpha value is -15.2. The number of carbonyl (C=O) groups is 10. The number of aliphatic hydroxyl groups excluding tert-OH is 8. The molecule has 662 valence electrons. The average molecular weight is 1740 g/mol. The SMILES string of the molecule is O=C(OC(CO)CO)c1ccccc1O.O=C(OCC(CO)OC(=O)c1ccccc1O)c1ccccc1O.O=C(OCC(COC(=O)c1ccccc1O)OC(=O)c1ccccc1O)c1ccccc1O.O=C(OCC(O)CO)c1ccccc1.O=C(OCC(O)CO)c1ccccc1O.O=C(OCC(O)COC(=O)c1ccccc1O)c1ccccc1O. The van der Waals surface area contributed by atoms with Gasteiger partial charge in [-0.2, -0.15) is 0 Å². The number of rotatable bonds is 32. The zero-order chi connectivity index (χ0) is 91.8. The van der Waals surface area contributed by atoms with Gasteiger partial charge in [0, 0.05) is 0 Å². The summed E-state index contributed by atoms with van der Waals surface area (Å²) in [4.78, 5) is 118. The summed E-state index contributed by atoms with van der Waals surface area (Å²) in [5.41, 5.74) is -0.0498. The third kappa shape index (κ3) is 34.8. The van der Waals surface area contributed by atoms with Gasteiger partial charge in [-0.1, -0.05) is 127 Å². The quantitative estimate of drug-likeness (QED) is 0.0170. The molecule has 125 heavy (non-hydrogen) atoms. The third-order valence-corrected chi connectivity index (χ3v) is 15.8. The van der Waals surface area contributed by atoms with Crippen LogP contribution in [-0.4, -0.2) is 262 Å². The van der Waals surface area contributed by atoms with Crippen molar-refractivity contribution in [3.8, 4) is 51.7 Å². The number of aliphatic hydroxyl groups is 8. The fourth-order valence-electron chi connectivity index (χ4n) is 9.30. The molecule has 0 aliphatic heterocycles. The number of hydrogen-bond donors (Lipinski definition) is 17. The Morgan fingerprint density at radius 3 is 0.592 bits per heavy atom. The van der Waals surface area contributed by atoms with Gasteiger partial charge in [0.2, 0.25) is 0 Å². The van der Waals surface area contributed by atoms with Crippen LogP contribution >= 0.6 is 0 Å². The highest BCUT2D eigenvalue weighted by molar-refractivity contribution is 5.97. The van der Waals surface area contributed by atoms with E-state index in [9.17, 15) is 104 Å². The van der Waals surface area contributed by atoms with Crippen LogP contribution < -0.4 is 0 Å². The van der Waals surface area contributed by atoms with Crippen molar-refractivity contribution in [2.24, 2.45) is 0 Å². The molecular formula is C88H88O37. The van der Waals surface area contributed by atoms with Crippen LogP contribution in [0.25, 0.3) is 0 Å². The largest absolute Gasteiger partial charge is 0.507 e. The molecular weight excluding hydrogens is 1650 g/mol. The van der Waals surface area contributed by atoms with Crippen LogP contribution in [0.4, 0.5) is 0 Å². The van der Waals surface area contributed by atoms with Gasteiger partial charge >= 0.3 is 59.7 Å². The van der Waals surface area contributed by atoms with Crippen molar-refractivity contribution in [3.63, 3.8) is 0 Å². The van der Waals surface area contributed by atoms with E-state index in [1.165, 1.54) is 146 Å². The van der Waals surface area contributed by atoms with Gasteiger partial charge in [0.25, 0.3) is 0 Å². The molecule has 10 rings (SSSR count). The van der Waals surface area contributed by atoms with E-state index in [4.69, 9.17) is 73.3 Å². The van der Waals surface area contributed by atoms with Gasteiger partial charge in [-0.05, 0) is 121 Å². The average Bonchev–Trinajstić information content (AvgIpc) is 0.847. The molecule has 3 atom stereocenters. The molecule has 0 aromatic heterocycles. The first kappa shape index (κ1) is 100. The van der Waals surface area contributed by atoms with Gasteiger partial charge in [0.1, 0.15) is 172 Å². The Kier molecular flexibility index (Phi) is 43.5. The summed E-state index contributed by atoms with van der Waals surface area (Å²) in [5.74, 6) is -10.3. The van der Waals surface area contributed by atoms with E-state index in [0.29, 0.717) is 5.56 Å². The number of aromatic hydroxyl groups is 9. The lowest BCUT2D eigenvalue weighted by atomic mass is 10.2. The number of hydrogen-bond acceptors (Lipinski definition) is 37. The number of esters is 10. The van der Waals surface area contributed by atoms with Crippen molar-refractivity contribution >= 4 is 59.7 Å². The number of benzene rings is 10. The molecule has 10 aromatic rings. The second kappa shape index (κ2) is 54.1. The van der Waals surface area contributed by atoms with E-state index in [1.807, 2.05) is 0 Å². The topological polar surface area (TPSA) is 607 Å². The summed E-state index contributed by atoms with van der Waals surface area (Å²) in [5, 5.41) is 157. The highest BCUT2D eigenvalue weighted by Gasteiger charge is 2.27. The van der Waals surface area contributed by atoms with Crippen LogP contribution in [0.3, 0.4) is 0 Å². The van der Waals surface area contributed by atoms with Crippen LogP contribution in [0.5, 0.6) is 51.7 Å². The molecule has 0 saturated heterocycles. The first-order valence-corrected chi connectivity index (χ1v) is 36.9. The van der Waals surface area contributed by atoms with Crippen LogP contribution in [0.1, 0.15) is 104 Å². The van der Waals surface area contributed by atoms with E-state index >= 15 is 0 Å². The Labute approximate surface area is 710 Å². The summed E-state index contributed by atoms with van der Waals surface area (Å²) in [6.07, 6.45) is -6.66. The van der Waals surface area contributed by atoms with Crippen LogP contribution in [0, 0.1) is 0 Å². The normalized spacial score (nSPS) is 11.0. The first-order chi connectivity index (χ1) is 59.9. The Morgan fingerprint density at radius 1 is 0.192 bits per heavy atom. The monoisotopic (exact) mass is 1740 g/mol. The van der Waals surface area contributed by atoms with Gasteiger partial charge in [0.15, 0.2) is 12.2 Å². The van der Waals surface area contributed by atoms with Crippen LogP contribution in [0.15, 0.2) is 249 Å². The van der Waals surface area contributed by atoms with Gasteiger partial charge in [0.05, 0.1) is 38.6 Å². The molecule has 17 N–H and O–H groups in total. The number of carbonyl (C=O) groups excluding carboxylic acids is 10. The van der Waals surface area contributed by atoms with Crippen molar-refractivity contribution in [3.05, 3.63) is 304 Å². The maximum absolute atomic E-state index is 12.5. The minimum atomic E-state index is -1.25. The minimum absolute atomic E-state index is 0.00407. The van der Waals surface area contributed by atoms with E-state index in [-0.39, 0.29) is 115 Å². The van der Waals surface area contributed by atoms with Crippen molar-refractivity contribution in [1.82, 2.24) is 0 Å². The summed E-state index contributed by atoms with van der Waals surface area (Å²) in [7, 11) is 0. The van der Waals surface area contributed by atoms with E-state index in [1.54, 1.807) is 103 Å². The lowest BCUT2D eigenvalue weighted by molar-refractivity contribution is -0.0256. The lowest BCUT2D eigenvalue weighted by Gasteiger charge is -2.18. The maximum atomic E-state index is 12.5. The van der Waals surface area contributed by atoms with E-state index < -0.39 is 162 Å². The number of phenolic OH excluding ortho intramolecular Hbond substituents is 9. The fourth-order valence-corrected chi connectivity index (χ4v) is 9.30.